The summed E-state index contributed by atoms with van der Waals surface area (Å²) >= 11 is 0. The zero-order valence-corrected chi connectivity index (χ0v) is 16.6. The number of amides is 2. The predicted octanol–water partition coefficient (Wildman–Crippen LogP) is 3.67. The lowest BCUT2D eigenvalue weighted by Gasteiger charge is -2.20. The van der Waals surface area contributed by atoms with Crippen LogP contribution in [0.5, 0.6) is 0 Å². The minimum absolute atomic E-state index is 0.215. The van der Waals surface area contributed by atoms with Gasteiger partial charge < -0.3 is 21.3 Å². The highest BCUT2D eigenvalue weighted by molar-refractivity contribution is 6.05. The number of nitrogens with two attached hydrogens (primary N) is 1. The summed E-state index contributed by atoms with van der Waals surface area (Å²) in [5.41, 5.74) is 9.40. The van der Waals surface area contributed by atoms with Gasteiger partial charge in [-0.3, -0.25) is 9.59 Å². The van der Waals surface area contributed by atoms with Gasteiger partial charge in [-0.15, -0.1) is 0 Å². The summed E-state index contributed by atoms with van der Waals surface area (Å²) in [6.07, 6.45) is 9.91. The molecule has 0 saturated carbocycles. The molecule has 2 aromatic carbocycles. The number of allylic oxidation sites excluding steroid dienone is 4. The molecular formula is C23H26N4O2. The van der Waals surface area contributed by atoms with Gasteiger partial charge in [0.2, 0.25) is 6.41 Å². The first-order chi connectivity index (χ1) is 14.0. The number of para-hydroxylation sites is 2. The van der Waals surface area contributed by atoms with Crippen molar-refractivity contribution < 1.29 is 9.59 Å². The Morgan fingerprint density at radius 2 is 1.83 bits per heavy atom. The Morgan fingerprint density at radius 1 is 1.10 bits per heavy atom. The summed E-state index contributed by atoms with van der Waals surface area (Å²) in [6, 6.07) is 14.5. The van der Waals surface area contributed by atoms with E-state index >= 15 is 0 Å². The zero-order valence-electron chi connectivity index (χ0n) is 16.6. The number of hydrogen-bond donors (Lipinski definition) is 3. The first-order valence-electron chi connectivity index (χ1n) is 9.20. The molecule has 29 heavy (non-hydrogen) atoms. The van der Waals surface area contributed by atoms with Crippen LogP contribution in [0.4, 0.5) is 11.4 Å². The number of anilines is 2. The van der Waals surface area contributed by atoms with E-state index in [9.17, 15) is 9.59 Å². The monoisotopic (exact) mass is 390 g/mol. The molecule has 0 aromatic heterocycles. The number of likely N-dealkylation sites (N-methyl/N-ethyl adjacent to an activating group) is 1. The maximum Gasteiger partial charge on any atom is 0.255 e. The van der Waals surface area contributed by atoms with E-state index in [1.807, 2.05) is 67.4 Å². The maximum absolute atomic E-state index is 12.4. The van der Waals surface area contributed by atoms with Gasteiger partial charge in [0, 0.05) is 25.4 Å². The molecule has 0 aliphatic rings. The van der Waals surface area contributed by atoms with Crippen LogP contribution in [0, 0.1) is 0 Å². The van der Waals surface area contributed by atoms with Gasteiger partial charge in [-0.1, -0.05) is 42.5 Å². The summed E-state index contributed by atoms with van der Waals surface area (Å²) in [7, 11) is 1.93. The largest absolute Gasteiger partial charge is 0.397 e. The van der Waals surface area contributed by atoms with Crippen molar-refractivity contribution in [3.8, 4) is 0 Å². The Balaban J connectivity index is 2.05. The standard InChI is InChI=1S/C23H26N4O2/c1-3-4-5-8-20(15-25-17-28)27(2)16-18-11-13-19(14-12-18)23(29)26-22-10-7-6-9-21(22)24/h3-15,17H,16,24H2,1-2H3,(H,25,28)(H,26,29)/b4-3-,8-5-,20-15-. The van der Waals surface area contributed by atoms with E-state index < -0.39 is 0 Å². The molecular weight excluding hydrogens is 364 g/mol. The van der Waals surface area contributed by atoms with Crippen molar-refractivity contribution in [2.24, 2.45) is 0 Å². The Kier molecular flexibility index (Phi) is 8.26. The molecule has 2 aromatic rings. The molecule has 0 fully saturated rings. The third-order valence-electron chi connectivity index (χ3n) is 4.16. The van der Waals surface area contributed by atoms with E-state index in [1.54, 1.807) is 30.5 Å². The Morgan fingerprint density at radius 3 is 2.48 bits per heavy atom. The highest BCUT2D eigenvalue weighted by Crippen LogP contribution is 2.18. The van der Waals surface area contributed by atoms with Crippen LogP contribution in [0.1, 0.15) is 22.8 Å². The van der Waals surface area contributed by atoms with Crippen LogP contribution in [0.2, 0.25) is 0 Å². The van der Waals surface area contributed by atoms with E-state index in [-0.39, 0.29) is 5.91 Å². The second-order valence-corrected chi connectivity index (χ2v) is 6.33. The summed E-state index contributed by atoms with van der Waals surface area (Å²) < 4.78 is 0. The molecule has 4 N–H and O–H groups in total. The van der Waals surface area contributed by atoms with Gasteiger partial charge in [0.25, 0.3) is 5.91 Å². The van der Waals surface area contributed by atoms with Gasteiger partial charge in [-0.25, -0.2) is 0 Å². The molecule has 0 heterocycles. The molecule has 0 spiro atoms. The molecule has 0 bridgehead atoms. The number of carbonyl (C=O) groups is 2. The van der Waals surface area contributed by atoms with Crippen LogP contribution in [0.15, 0.2) is 84.7 Å². The number of nitrogens with one attached hydrogen (secondary N) is 2. The molecule has 0 aliphatic heterocycles. The van der Waals surface area contributed by atoms with Gasteiger partial charge in [0.15, 0.2) is 0 Å². The lowest BCUT2D eigenvalue weighted by molar-refractivity contribution is -0.108. The van der Waals surface area contributed by atoms with Gasteiger partial charge in [0.05, 0.1) is 17.1 Å². The second kappa shape index (κ2) is 11.1. The molecule has 0 radical (unpaired) electrons. The van der Waals surface area contributed by atoms with Crippen molar-refractivity contribution in [1.29, 1.82) is 0 Å². The fourth-order valence-corrected chi connectivity index (χ4v) is 2.60. The second-order valence-electron chi connectivity index (χ2n) is 6.33. The summed E-state index contributed by atoms with van der Waals surface area (Å²) in [5.74, 6) is -0.215. The van der Waals surface area contributed by atoms with Crippen LogP contribution in [0.3, 0.4) is 0 Å². The van der Waals surface area contributed by atoms with Crippen LogP contribution in [-0.4, -0.2) is 24.3 Å². The fraction of sp³-hybridized carbons (Fsp3) is 0.130. The number of nitrogen functional groups attached to an aromatic ring is 1. The van der Waals surface area contributed by atoms with Crippen molar-refractivity contribution in [1.82, 2.24) is 10.2 Å². The van der Waals surface area contributed by atoms with Crippen LogP contribution < -0.4 is 16.4 Å². The Hall–Kier alpha value is -3.80. The molecule has 0 atom stereocenters. The number of carbonyl (C=O) groups excluding carboxylic acids is 2. The Bertz CT molecular complexity index is 915. The quantitative estimate of drug-likeness (QED) is 0.346. The van der Waals surface area contributed by atoms with Gasteiger partial charge >= 0.3 is 0 Å². The number of nitrogens with zero attached hydrogens (tertiary/aromatic N) is 1. The van der Waals surface area contributed by atoms with Crippen molar-refractivity contribution in [3.05, 3.63) is 95.9 Å². The topological polar surface area (TPSA) is 87.5 Å². The molecule has 0 aliphatic carbocycles. The van der Waals surface area contributed by atoms with Crippen molar-refractivity contribution >= 4 is 23.7 Å². The molecule has 6 heteroatoms. The van der Waals surface area contributed by atoms with Crippen molar-refractivity contribution in [3.63, 3.8) is 0 Å². The van der Waals surface area contributed by atoms with Crippen LogP contribution in [0.25, 0.3) is 0 Å². The molecule has 6 nitrogen and oxygen atoms in total. The summed E-state index contributed by atoms with van der Waals surface area (Å²) in [5, 5.41) is 5.39. The first-order valence-corrected chi connectivity index (χ1v) is 9.20. The van der Waals surface area contributed by atoms with Crippen LogP contribution >= 0.6 is 0 Å². The SMILES string of the molecule is C\C=C/C=C\C(=C\NC=O)N(C)Cc1ccc(C(=O)Nc2ccccc2N)cc1. The minimum Gasteiger partial charge on any atom is -0.397 e. The maximum atomic E-state index is 12.4. The molecule has 2 amide bonds. The van der Waals surface area contributed by atoms with Crippen LogP contribution in [-0.2, 0) is 11.3 Å². The smallest absolute Gasteiger partial charge is 0.255 e. The molecule has 0 saturated heterocycles. The van der Waals surface area contributed by atoms with Gasteiger partial charge in [0.1, 0.15) is 0 Å². The van der Waals surface area contributed by atoms with Crippen molar-refractivity contribution in [2.75, 3.05) is 18.1 Å². The predicted molar refractivity (Wildman–Crippen MR) is 118 cm³/mol. The lowest BCUT2D eigenvalue weighted by atomic mass is 10.1. The van der Waals surface area contributed by atoms with E-state index in [2.05, 4.69) is 10.6 Å². The van der Waals surface area contributed by atoms with E-state index in [0.717, 1.165) is 11.3 Å². The number of benzene rings is 2. The lowest BCUT2D eigenvalue weighted by Crippen LogP contribution is -2.19. The van der Waals surface area contributed by atoms with Gasteiger partial charge in [-0.05, 0) is 42.8 Å². The normalized spacial score (nSPS) is 11.6. The van der Waals surface area contributed by atoms with E-state index in [0.29, 0.717) is 29.9 Å². The highest BCUT2D eigenvalue weighted by Gasteiger charge is 2.09. The number of rotatable bonds is 9. The van der Waals surface area contributed by atoms with Gasteiger partial charge in [-0.2, -0.15) is 0 Å². The van der Waals surface area contributed by atoms with E-state index in [4.69, 9.17) is 5.73 Å². The third-order valence-corrected chi connectivity index (χ3v) is 4.16. The molecule has 0 unspecified atom stereocenters. The fourth-order valence-electron chi connectivity index (χ4n) is 2.60. The molecule has 150 valence electrons. The van der Waals surface area contributed by atoms with E-state index in [1.165, 1.54) is 0 Å². The summed E-state index contributed by atoms with van der Waals surface area (Å²) in [4.78, 5) is 25.0. The Labute approximate surface area is 171 Å². The zero-order chi connectivity index (χ0) is 21.1. The van der Waals surface area contributed by atoms with Crippen molar-refractivity contribution in [2.45, 2.75) is 13.5 Å². The summed E-state index contributed by atoms with van der Waals surface area (Å²) in [6.45, 7) is 2.55. The third kappa shape index (κ3) is 6.70. The molecule has 2 rings (SSSR count). The highest BCUT2D eigenvalue weighted by atomic mass is 16.1. The average Bonchev–Trinajstić information content (AvgIpc) is 2.72. The average molecular weight is 390 g/mol. The minimum atomic E-state index is -0.215. The first kappa shape index (κ1) is 21.5. The number of hydrogen-bond acceptors (Lipinski definition) is 4.